The van der Waals surface area contributed by atoms with Crippen LogP contribution in [0.2, 0.25) is 0 Å². The molecule has 25 heavy (non-hydrogen) atoms. The third-order valence-electron chi connectivity index (χ3n) is 4.77. The van der Waals surface area contributed by atoms with Gasteiger partial charge in [-0.1, -0.05) is 13.8 Å². The molecular formula is C19H40N4O2. The summed E-state index contributed by atoms with van der Waals surface area (Å²) in [6.07, 6.45) is 4.67. The van der Waals surface area contributed by atoms with Crippen LogP contribution in [-0.2, 0) is 9.47 Å². The maximum Gasteiger partial charge on any atom is 0.193 e. The summed E-state index contributed by atoms with van der Waals surface area (Å²) in [6, 6.07) is 0.526. The number of nitrogens with one attached hydrogen (secondary N) is 1. The van der Waals surface area contributed by atoms with Crippen LogP contribution in [0.25, 0.3) is 0 Å². The van der Waals surface area contributed by atoms with Gasteiger partial charge in [0.05, 0.1) is 6.10 Å². The van der Waals surface area contributed by atoms with E-state index in [1.807, 2.05) is 7.05 Å². The van der Waals surface area contributed by atoms with Gasteiger partial charge in [-0.2, -0.15) is 0 Å². The van der Waals surface area contributed by atoms with Gasteiger partial charge in [-0.25, -0.2) is 0 Å². The summed E-state index contributed by atoms with van der Waals surface area (Å²) in [5, 5.41) is 3.58. The molecule has 0 spiro atoms. The highest BCUT2D eigenvalue weighted by molar-refractivity contribution is 5.80. The predicted molar refractivity (Wildman–Crippen MR) is 105 cm³/mol. The second-order valence-corrected chi connectivity index (χ2v) is 7.58. The Labute approximate surface area is 154 Å². The van der Waals surface area contributed by atoms with Gasteiger partial charge in [-0.05, 0) is 45.7 Å². The van der Waals surface area contributed by atoms with Crippen LogP contribution in [0, 0.1) is 5.92 Å². The lowest BCUT2D eigenvalue weighted by molar-refractivity contribution is 0.00986. The van der Waals surface area contributed by atoms with E-state index in [0.717, 1.165) is 58.1 Å². The average molecular weight is 357 g/mol. The van der Waals surface area contributed by atoms with Crippen molar-refractivity contribution in [2.75, 3.05) is 61.1 Å². The van der Waals surface area contributed by atoms with E-state index in [1.165, 1.54) is 6.42 Å². The molecule has 0 aromatic rings. The number of piperidine rings is 1. The van der Waals surface area contributed by atoms with Gasteiger partial charge in [0.2, 0.25) is 0 Å². The van der Waals surface area contributed by atoms with Gasteiger partial charge in [-0.3, -0.25) is 4.99 Å². The van der Waals surface area contributed by atoms with E-state index in [4.69, 9.17) is 9.47 Å². The van der Waals surface area contributed by atoms with Crippen molar-refractivity contribution in [1.82, 2.24) is 15.1 Å². The minimum absolute atomic E-state index is 0.377. The molecule has 0 bridgehead atoms. The van der Waals surface area contributed by atoms with Gasteiger partial charge in [0.25, 0.3) is 0 Å². The number of hydrogen-bond acceptors (Lipinski definition) is 4. The summed E-state index contributed by atoms with van der Waals surface area (Å²) >= 11 is 0. The maximum atomic E-state index is 5.95. The molecule has 6 nitrogen and oxygen atoms in total. The fraction of sp³-hybridized carbons (Fsp3) is 0.947. The highest BCUT2D eigenvalue weighted by Gasteiger charge is 2.22. The molecule has 6 heteroatoms. The largest absolute Gasteiger partial charge is 0.385 e. The van der Waals surface area contributed by atoms with Crippen molar-refractivity contribution in [2.24, 2.45) is 10.9 Å². The van der Waals surface area contributed by atoms with Gasteiger partial charge in [-0.15, -0.1) is 0 Å². The van der Waals surface area contributed by atoms with Gasteiger partial charge in [0.15, 0.2) is 5.96 Å². The summed E-state index contributed by atoms with van der Waals surface area (Å²) in [6.45, 7) is 9.08. The van der Waals surface area contributed by atoms with Crippen LogP contribution < -0.4 is 5.32 Å². The standard InChI is InChI=1S/C19H40N4O2/c1-16(2)14-17(22(4)5)15-21-19(20-3)23-10-8-18(9-11-23)25-13-7-12-24-6/h16-18H,7-15H2,1-6H3,(H,20,21). The molecule has 1 heterocycles. The number of methoxy groups -OCH3 is 1. The Kier molecular flexibility index (Phi) is 11.1. The van der Waals surface area contributed by atoms with Crippen molar-refractivity contribution in [3.05, 3.63) is 0 Å². The summed E-state index contributed by atoms with van der Waals surface area (Å²) in [5.74, 6) is 1.72. The normalized spacial score (nSPS) is 18.2. The minimum atomic E-state index is 0.377. The molecule has 0 aliphatic carbocycles. The average Bonchev–Trinajstić information content (AvgIpc) is 2.59. The van der Waals surface area contributed by atoms with Crippen LogP contribution in [0.5, 0.6) is 0 Å². The first kappa shape index (κ1) is 22.2. The molecule has 1 unspecified atom stereocenters. The van der Waals surface area contributed by atoms with Gasteiger partial charge in [0, 0.05) is 53.0 Å². The molecule has 1 atom stereocenters. The molecule has 0 aromatic heterocycles. The number of likely N-dealkylation sites (N-methyl/N-ethyl adjacent to an activating group) is 1. The second kappa shape index (κ2) is 12.5. The lowest BCUT2D eigenvalue weighted by Crippen LogP contribution is -2.50. The SMILES string of the molecule is CN=C(NCC(CC(C)C)N(C)C)N1CCC(OCCCOC)CC1. The number of likely N-dealkylation sites (tertiary alicyclic amines) is 1. The van der Waals surface area contributed by atoms with Crippen molar-refractivity contribution in [3.8, 4) is 0 Å². The third kappa shape index (κ3) is 8.88. The zero-order valence-electron chi connectivity index (χ0n) is 17.3. The van der Waals surface area contributed by atoms with Gasteiger partial charge >= 0.3 is 0 Å². The molecule has 1 aliphatic heterocycles. The molecule has 0 aromatic carbocycles. The van der Waals surface area contributed by atoms with Crippen molar-refractivity contribution in [2.45, 2.75) is 51.7 Å². The molecule has 1 rings (SSSR count). The van der Waals surface area contributed by atoms with E-state index >= 15 is 0 Å². The third-order valence-corrected chi connectivity index (χ3v) is 4.77. The van der Waals surface area contributed by atoms with E-state index in [2.05, 4.69) is 48.1 Å². The van der Waals surface area contributed by atoms with Crippen LogP contribution in [0.4, 0.5) is 0 Å². The molecule has 0 amide bonds. The zero-order valence-corrected chi connectivity index (χ0v) is 17.3. The molecule has 1 saturated heterocycles. The smallest absolute Gasteiger partial charge is 0.193 e. The summed E-state index contributed by atoms with van der Waals surface area (Å²) in [4.78, 5) is 9.15. The summed E-state index contributed by atoms with van der Waals surface area (Å²) in [7, 11) is 7.93. The molecular weight excluding hydrogens is 316 g/mol. The van der Waals surface area contributed by atoms with Gasteiger partial charge < -0.3 is 24.6 Å². The molecule has 0 radical (unpaired) electrons. The Bertz CT molecular complexity index is 366. The van der Waals surface area contributed by atoms with Crippen LogP contribution in [0.3, 0.4) is 0 Å². The quantitative estimate of drug-likeness (QED) is 0.369. The van der Waals surface area contributed by atoms with E-state index < -0.39 is 0 Å². The zero-order chi connectivity index (χ0) is 18.7. The Balaban J connectivity index is 2.36. The highest BCUT2D eigenvalue weighted by Crippen LogP contribution is 2.14. The number of nitrogens with zero attached hydrogens (tertiary/aromatic N) is 3. The summed E-state index contributed by atoms with van der Waals surface area (Å²) in [5.41, 5.74) is 0. The topological polar surface area (TPSA) is 49.3 Å². The van der Waals surface area contributed by atoms with Crippen molar-refractivity contribution in [1.29, 1.82) is 0 Å². The van der Waals surface area contributed by atoms with Crippen molar-refractivity contribution < 1.29 is 9.47 Å². The maximum absolute atomic E-state index is 5.95. The van der Waals surface area contributed by atoms with Crippen molar-refractivity contribution >= 4 is 5.96 Å². The first-order valence-electron chi connectivity index (χ1n) is 9.70. The first-order valence-corrected chi connectivity index (χ1v) is 9.70. The van der Waals surface area contributed by atoms with Crippen LogP contribution in [0.15, 0.2) is 4.99 Å². The number of hydrogen-bond donors (Lipinski definition) is 1. The van der Waals surface area contributed by atoms with Crippen LogP contribution in [0.1, 0.15) is 39.5 Å². The highest BCUT2D eigenvalue weighted by atomic mass is 16.5. The monoisotopic (exact) mass is 356 g/mol. The second-order valence-electron chi connectivity index (χ2n) is 7.58. The minimum Gasteiger partial charge on any atom is -0.385 e. The molecule has 148 valence electrons. The Hall–Kier alpha value is -0.850. The lowest BCUT2D eigenvalue weighted by Gasteiger charge is -2.35. The molecule has 1 aliphatic rings. The van der Waals surface area contributed by atoms with Crippen LogP contribution >= 0.6 is 0 Å². The fourth-order valence-corrected chi connectivity index (χ4v) is 3.25. The van der Waals surface area contributed by atoms with E-state index in [0.29, 0.717) is 18.1 Å². The number of aliphatic imine (C=N–C) groups is 1. The lowest BCUT2D eigenvalue weighted by atomic mass is 10.0. The first-order chi connectivity index (χ1) is 12.0. The number of ether oxygens (including phenoxy) is 2. The van der Waals surface area contributed by atoms with E-state index in [-0.39, 0.29) is 0 Å². The van der Waals surface area contributed by atoms with Crippen molar-refractivity contribution in [3.63, 3.8) is 0 Å². The van der Waals surface area contributed by atoms with Crippen LogP contribution in [-0.4, -0.2) is 89.0 Å². The molecule has 1 N–H and O–H groups in total. The molecule has 1 fully saturated rings. The number of guanidine groups is 1. The van der Waals surface area contributed by atoms with Gasteiger partial charge in [0.1, 0.15) is 0 Å². The number of rotatable bonds is 10. The summed E-state index contributed by atoms with van der Waals surface area (Å²) < 4.78 is 11.0. The Morgan fingerprint density at radius 1 is 1.24 bits per heavy atom. The van der Waals surface area contributed by atoms with E-state index in [9.17, 15) is 0 Å². The Morgan fingerprint density at radius 3 is 2.44 bits per heavy atom. The molecule has 0 saturated carbocycles. The fourth-order valence-electron chi connectivity index (χ4n) is 3.25. The van der Waals surface area contributed by atoms with E-state index in [1.54, 1.807) is 7.11 Å². The predicted octanol–water partition coefficient (Wildman–Crippen LogP) is 2.06. The Morgan fingerprint density at radius 2 is 1.92 bits per heavy atom.